The number of carbonyl (C=O) groups excluding carboxylic acids is 1. The summed E-state index contributed by atoms with van der Waals surface area (Å²) >= 11 is 0. The first-order valence-corrected chi connectivity index (χ1v) is 12.1. The molecule has 1 fully saturated rings. The smallest absolute Gasteiger partial charge is 0.223 e. The highest BCUT2D eigenvalue weighted by Gasteiger charge is 2.35. The molecule has 34 heavy (non-hydrogen) atoms. The monoisotopic (exact) mass is 456 g/mol. The Bertz CT molecular complexity index is 1130. The van der Waals surface area contributed by atoms with Gasteiger partial charge >= 0.3 is 0 Å². The van der Waals surface area contributed by atoms with Crippen molar-refractivity contribution in [2.75, 3.05) is 26.7 Å². The summed E-state index contributed by atoms with van der Waals surface area (Å²) in [5.74, 6) is 1.65. The van der Waals surface area contributed by atoms with E-state index in [1.54, 1.807) is 7.11 Å². The molecule has 5 heteroatoms. The maximum Gasteiger partial charge on any atom is 0.223 e. The lowest BCUT2D eigenvalue weighted by Gasteiger charge is -2.47. The van der Waals surface area contributed by atoms with Gasteiger partial charge in [-0.05, 0) is 47.2 Å². The number of ether oxygens (including phenoxy) is 2. The molecule has 0 bridgehead atoms. The SMILES string of the molecule is COc1ccc(CCC(=O)N2CC(N3CCc4ccccc4C3)C2)cc1OCc1ccccc1. The Labute approximate surface area is 201 Å². The maximum absolute atomic E-state index is 12.8. The first-order chi connectivity index (χ1) is 16.7. The van der Waals surface area contributed by atoms with Crippen molar-refractivity contribution in [1.29, 1.82) is 0 Å². The van der Waals surface area contributed by atoms with E-state index in [0.717, 1.165) is 43.7 Å². The Morgan fingerprint density at radius 2 is 1.68 bits per heavy atom. The van der Waals surface area contributed by atoms with Crippen LogP contribution in [-0.2, 0) is 30.8 Å². The quantitative estimate of drug-likeness (QED) is 0.501. The van der Waals surface area contributed by atoms with Gasteiger partial charge in [0.2, 0.25) is 5.91 Å². The van der Waals surface area contributed by atoms with E-state index in [4.69, 9.17) is 9.47 Å². The number of aryl methyl sites for hydroxylation is 1. The van der Waals surface area contributed by atoms with E-state index >= 15 is 0 Å². The first-order valence-electron chi connectivity index (χ1n) is 12.1. The number of fused-ring (bicyclic) bond motifs is 1. The second-order valence-electron chi connectivity index (χ2n) is 9.20. The zero-order valence-electron chi connectivity index (χ0n) is 19.8. The van der Waals surface area contributed by atoms with Crippen molar-refractivity contribution in [1.82, 2.24) is 9.80 Å². The molecule has 0 radical (unpaired) electrons. The van der Waals surface area contributed by atoms with Crippen LogP contribution in [0.25, 0.3) is 0 Å². The molecular weight excluding hydrogens is 424 g/mol. The fraction of sp³-hybridized carbons (Fsp3) is 0.345. The van der Waals surface area contributed by atoms with Gasteiger partial charge in [0, 0.05) is 38.6 Å². The highest BCUT2D eigenvalue weighted by atomic mass is 16.5. The fourth-order valence-corrected chi connectivity index (χ4v) is 4.85. The third-order valence-electron chi connectivity index (χ3n) is 6.98. The molecule has 0 spiro atoms. The van der Waals surface area contributed by atoms with Crippen molar-refractivity contribution >= 4 is 5.91 Å². The van der Waals surface area contributed by atoms with Crippen molar-refractivity contribution in [3.8, 4) is 11.5 Å². The molecule has 5 nitrogen and oxygen atoms in total. The number of carbonyl (C=O) groups is 1. The van der Waals surface area contributed by atoms with Crippen LogP contribution in [0.15, 0.2) is 72.8 Å². The van der Waals surface area contributed by atoms with Gasteiger partial charge in [0.1, 0.15) is 6.61 Å². The standard InChI is InChI=1S/C29H32N2O3/c1-33-27-13-11-22(17-28(27)34-21-23-7-3-2-4-8-23)12-14-29(32)31-19-26(20-31)30-16-15-24-9-5-6-10-25(24)18-30/h2-11,13,17,26H,12,14-16,18-21H2,1H3. The molecule has 0 aromatic heterocycles. The van der Waals surface area contributed by atoms with Gasteiger partial charge < -0.3 is 14.4 Å². The number of methoxy groups -OCH3 is 1. The molecule has 1 saturated heterocycles. The molecule has 2 heterocycles. The molecule has 0 atom stereocenters. The summed E-state index contributed by atoms with van der Waals surface area (Å²) in [7, 11) is 1.65. The summed E-state index contributed by atoms with van der Waals surface area (Å²) in [6.07, 6.45) is 2.32. The topological polar surface area (TPSA) is 42.0 Å². The van der Waals surface area contributed by atoms with Crippen LogP contribution in [0.2, 0.25) is 0 Å². The van der Waals surface area contributed by atoms with E-state index in [2.05, 4.69) is 29.2 Å². The molecule has 0 unspecified atom stereocenters. The van der Waals surface area contributed by atoms with Crippen LogP contribution in [-0.4, -0.2) is 48.5 Å². The highest BCUT2D eigenvalue weighted by molar-refractivity contribution is 5.77. The lowest BCUT2D eigenvalue weighted by molar-refractivity contribution is -0.138. The van der Waals surface area contributed by atoms with Crippen molar-refractivity contribution in [3.05, 3.63) is 95.1 Å². The van der Waals surface area contributed by atoms with E-state index < -0.39 is 0 Å². The summed E-state index contributed by atoms with van der Waals surface area (Å²) in [5, 5.41) is 0. The van der Waals surface area contributed by atoms with E-state index in [1.165, 1.54) is 11.1 Å². The van der Waals surface area contributed by atoms with Crippen LogP contribution >= 0.6 is 0 Å². The average molecular weight is 457 g/mol. The second kappa shape index (κ2) is 10.3. The van der Waals surface area contributed by atoms with Gasteiger partial charge in [-0.3, -0.25) is 9.69 Å². The third-order valence-corrected chi connectivity index (χ3v) is 6.98. The normalized spacial score (nSPS) is 16.0. The molecule has 2 aliphatic heterocycles. The van der Waals surface area contributed by atoms with Crippen molar-refractivity contribution in [3.63, 3.8) is 0 Å². The predicted octanol–water partition coefficient (Wildman–Crippen LogP) is 4.48. The molecule has 2 aliphatic rings. The summed E-state index contributed by atoms with van der Waals surface area (Å²) in [4.78, 5) is 17.3. The number of nitrogens with zero attached hydrogens (tertiary/aromatic N) is 2. The fourth-order valence-electron chi connectivity index (χ4n) is 4.85. The zero-order chi connectivity index (χ0) is 23.3. The molecule has 176 valence electrons. The van der Waals surface area contributed by atoms with Crippen LogP contribution in [0.3, 0.4) is 0 Å². The van der Waals surface area contributed by atoms with Crippen LogP contribution in [0, 0.1) is 0 Å². The highest BCUT2D eigenvalue weighted by Crippen LogP contribution is 2.30. The van der Waals surface area contributed by atoms with E-state index in [0.29, 0.717) is 37.0 Å². The van der Waals surface area contributed by atoms with E-state index in [9.17, 15) is 4.79 Å². The van der Waals surface area contributed by atoms with E-state index in [-0.39, 0.29) is 5.91 Å². The predicted molar refractivity (Wildman–Crippen MR) is 133 cm³/mol. The van der Waals surface area contributed by atoms with Crippen LogP contribution in [0.5, 0.6) is 11.5 Å². The van der Waals surface area contributed by atoms with Crippen LogP contribution < -0.4 is 9.47 Å². The lowest BCUT2D eigenvalue weighted by atomic mass is 9.96. The second-order valence-corrected chi connectivity index (χ2v) is 9.20. The van der Waals surface area contributed by atoms with Gasteiger partial charge in [-0.25, -0.2) is 0 Å². The van der Waals surface area contributed by atoms with Gasteiger partial charge in [-0.2, -0.15) is 0 Å². The Morgan fingerprint density at radius 3 is 2.47 bits per heavy atom. The van der Waals surface area contributed by atoms with Crippen LogP contribution in [0.1, 0.15) is 28.7 Å². The molecule has 3 aromatic carbocycles. The molecule has 0 saturated carbocycles. The minimum atomic E-state index is 0.233. The van der Waals surface area contributed by atoms with Gasteiger partial charge in [-0.15, -0.1) is 0 Å². The minimum absolute atomic E-state index is 0.233. The largest absolute Gasteiger partial charge is 0.493 e. The minimum Gasteiger partial charge on any atom is -0.493 e. The van der Waals surface area contributed by atoms with Crippen molar-refractivity contribution in [2.45, 2.75) is 38.5 Å². The lowest BCUT2D eigenvalue weighted by Crippen LogP contribution is -2.61. The molecule has 3 aromatic rings. The number of rotatable bonds is 8. The molecule has 5 rings (SSSR count). The summed E-state index contributed by atoms with van der Waals surface area (Å²) < 4.78 is 11.5. The summed E-state index contributed by atoms with van der Waals surface area (Å²) in [6.45, 7) is 4.25. The van der Waals surface area contributed by atoms with Crippen molar-refractivity contribution in [2.24, 2.45) is 0 Å². The Morgan fingerprint density at radius 1 is 0.912 bits per heavy atom. The number of hydrogen-bond donors (Lipinski definition) is 0. The van der Waals surface area contributed by atoms with Gasteiger partial charge in [0.05, 0.1) is 7.11 Å². The Balaban J connectivity index is 1.11. The molecule has 1 amide bonds. The summed E-state index contributed by atoms with van der Waals surface area (Å²) in [6, 6.07) is 25.2. The average Bonchev–Trinajstić information content (AvgIpc) is 2.86. The van der Waals surface area contributed by atoms with Crippen LogP contribution in [0.4, 0.5) is 0 Å². The molecular formula is C29H32N2O3. The van der Waals surface area contributed by atoms with Gasteiger partial charge in [0.15, 0.2) is 11.5 Å². The number of benzene rings is 3. The number of likely N-dealkylation sites (tertiary alicyclic amines) is 1. The van der Waals surface area contributed by atoms with Gasteiger partial charge in [-0.1, -0.05) is 60.7 Å². The van der Waals surface area contributed by atoms with Crippen molar-refractivity contribution < 1.29 is 14.3 Å². The number of hydrogen-bond acceptors (Lipinski definition) is 4. The molecule has 0 aliphatic carbocycles. The van der Waals surface area contributed by atoms with Gasteiger partial charge in [0.25, 0.3) is 0 Å². The first kappa shape index (κ1) is 22.5. The maximum atomic E-state index is 12.8. The Kier molecular flexibility index (Phi) is 6.82. The zero-order valence-corrected chi connectivity index (χ0v) is 19.8. The summed E-state index contributed by atoms with van der Waals surface area (Å²) in [5.41, 5.74) is 5.09. The number of amides is 1. The van der Waals surface area contributed by atoms with E-state index in [1.807, 2.05) is 53.4 Å². The molecule has 0 N–H and O–H groups in total. The Hall–Kier alpha value is -3.31. The third kappa shape index (κ3) is 5.10.